The standard InChI is InChI=1S/C8H14N2O2.ClH/c1-6-8(12-7(11)10-6)2-4-9-5-3-8;/h6,9H,2-5H2,1H3,(H,10,11);1H. The van der Waals surface area contributed by atoms with Crippen molar-refractivity contribution in [2.45, 2.75) is 31.4 Å². The van der Waals surface area contributed by atoms with Gasteiger partial charge in [-0.1, -0.05) is 0 Å². The highest BCUT2D eigenvalue weighted by Crippen LogP contribution is 2.31. The number of hydrogen-bond acceptors (Lipinski definition) is 3. The van der Waals surface area contributed by atoms with Crippen LogP contribution in [-0.2, 0) is 4.74 Å². The number of alkyl carbamates (subject to hydrolysis) is 1. The molecule has 0 radical (unpaired) electrons. The van der Waals surface area contributed by atoms with Gasteiger partial charge < -0.3 is 15.4 Å². The van der Waals surface area contributed by atoms with E-state index in [0.29, 0.717) is 0 Å². The monoisotopic (exact) mass is 206 g/mol. The zero-order valence-corrected chi connectivity index (χ0v) is 8.45. The molecule has 2 fully saturated rings. The molecule has 2 heterocycles. The lowest BCUT2D eigenvalue weighted by Crippen LogP contribution is -2.49. The minimum Gasteiger partial charge on any atom is -0.441 e. The Bertz CT molecular complexity index is 204. The second-order valence-electron chi connectivity index (χ2n) is 3.57. The van der Waals surface area contributed by atoms with Gasteiger partial charge in [0, 0.05) is 12.8 Å². The van der Waals surface area contributed by atoms with E-state index in [1.807, 2.05) is 6.92 Å². The normalized spacial score (nSPS) is 30.5. The Balaban J connectivity index is 0.000000845. The summed E-state index contributed by atoms with van der Waals surface area (Å²) < 4.78 is 5.31. The number of carbonyl (C=O) groups is 1. The molecular weight excluding hydrogens is 192 g/mol. The second-order valence-corrected chi connectivity index (χ2v) is 3.57. The number of nitrogens with one attached hydrogen (secondary N) is 2. The Morgan fingerprint density at radius 2 is 2.08 bits per heavy atom. The summed E-state index contributed by atoms with van der Waals surface area (Å²) >= 11 is 0. The van der Waals surface area contributed by atoms with Gasteiger partial charge in [0.25, 0.3) is 0 Å². The van der Waals surface area contributed by atoms with Crippen LogP contribution in [0.15, 0.2) is 0 Å². The average Bonchev–Trinajstić information content (AvgIpc) is 2.29. The molecule has 1 spiro atoms. The van der Waals surface area contributed by atoms with Crippen LogP contribution in [0, 0.1) is 0 Å². The third kappa shape index (κ3) is 1.74. The van der Waals surface area contributed by atoms with E-state index in [0.717, 1.165) is 25.9 Å². The van der Waals surface area contributed by atoms with Gasteiger partial charge >= 0.3 is 6.09 Å². The molecule has 13 heavy (non-hydrogen) atoms. The third-order valence-corrected chi connectivity index (χ3v) is 2.87. The van der Waals surface area contributed by atoms with Crippen LogP contribution in [0.5, 0.6) is 0 Å². The molecule has 0 bridgehead atoms. The van der Waals surface area contributed by atoms with Crippen molar-refractivity contribution < 1.29 is 9.53 Å². The fraction of sp³-hybridized carbons (Fsp3) is 0.875. The van der Waals surface area contributed by atoms with E-state index in [1.165, 1.54) is 0 Å². The van der Waals surface area contributed by atoms with Crippen LogP contribution in [0.4, 0.5) is 4.79 Å². The van der Waals surface area contributed by atoms with E-state index >= 15 is 0 Å². The lowest BCUT2D eigenvalue weighted by atomic mass is 9.86. The first kappa shape index (κ1) is 10.6. The van der Waals surface area contributed by atoms with Gasteiger partial charge in [-0.3, -0.25) is 0 Å². The number of rotatable bonds is 0. The summed E-state index contributed by atoms with van der Waals surface area (Å²) in [7, 11) is 0. The molecule has 76 valence electrons. The van der Waals surface area contributed by atoms with Crippen molar-refractivity contribution >= 4 is 18.5 Å². The van der Waals surface area contributed by atoms with Crippen molar-refractivity contribution in [3.05, 3.63) is 0 Å². The van der Waals surface area contributed by atoms with Gasteiger partial charge in [-0.25, -0.2) is 4.79 Å². The van der Waals surface area contributed by atoms with Gasteiger partial charge in [0.1, 0.15) is 5.60 Å². The predicted molar refractivity (Wildman–Crippen MR) is 51.2 cm³/mol. The summed E-state index contributed by atoms with van der Waals surface area (Å²) in [5.74, 6) is 0. The summed E-state index contributed by atoms with van der Waals surface area (Å²) in [6.07, 6.45) is 1.59. The summed E-state index contributed by atoms with van der Waals surface area (Å²) in [6.45, 7) is 3.90. The van der Waals surface area contributed by atoms with Crippen molar-refractivity contribution in [2.24, 2.45) is 0 Å². The van der Waals surface area contributed by atoms with Crippen molar-refractivity contribution in [1.82, 2.24) is 10.6 Å². The summed E-state index contributed by atoms with van der Waals surface area (Å²) in [6, 6.07) is 0.159. The van der Waals surface area contributed by atoms with E-state index < -0.39 is 0 Å². The molecule has 2 aliphatic rings. The quantitative estimate of drug-likeness (QED) is 0.612. The maximum atomic E-state index is 11.0. The van der Waals surface area contributed by atoms with Crippen LogP contribution in [-0.4, -0.2) is 30.8 Å². The lowest BCUT2D eigenvalue weighted by molar-refractivity contribution is 0.0138. The van der Waals surface area contributed by atoms with Crippen molar-refractivity contribution in [1.29, 1.82) is 0 Å². The third-order valence-electron chi connectivity index (χ3n) is 2.87. The van der Waals surface area contributed by atoms with Crippen LogP contribution in [0.3, 0.4) is 0 Å². The summed E-state index contributed by atoms with van der Waals surface area (Å²) in [5.41, 5.74) is -0.220. The van der Waals surface area contributed by atoms with Gasteiger partial charge in [-0.05, 0) is 20.0 Å². The zero-order chi connectivity index (χ0) is 8.60. The number of piperidine rings is 1. The number of halogens is 1. The molecule has 2 N–H and O–H groups in total. The van der Waals surface area contributed by atoms with E-state index in [1.54, 1.807) is 0 Å². The summed E-state index contributed by atoms with van der Waals surface area (Å²) in [5, 5.41) is 6.04. The molecular formula is C8H15ClN2O2. The zero-order valence-electron chi connectivity index (χ0n) is 7.63. The molecule has 2 saturated heterocycles. The lowest BCUT2D eigenvalue weighted by Gasteiger charge is -2.34. The minimum atomic E-state index is -0.260. The molecule has 5 heteroatoms. The van der Waals surface area contributed by atoms with Gasteiger partial charge in [-0.15, -0.1) is 12.4 Å². The SMILES string of the molecule is CC1NC(=O)OC12CCNCC2.Cl. The fourth-order valence-electron chi connectivity index (χ4n) is 2.00. The first-order valence-corrected chi connectivity index (χ1v) is 4.43. The number of hydrogen-bond donors (Lipinski definition) is 2. The number of amides is 1. The largest absolute Gasteiger partial charge is 0.441 e. The van der Waals surface area contributed by atoms with Crippen molar-refractivity contribution in [3.63, 3.8) is 0 Å². The van der Waals surface area contributed by atoms with Gasteiger partial charge in [0.05, 0.1) is 6.04 Å². The minimum absolute atomic E-state index is 0. The molecule has 2 aliphatic heterocycles. The van der Waals surface area contributed by atoms with Crippen molar-refractivity contribution in [2.75, 3.05) is 13.1 Å². The van der Waals surface area contributed by atoms with Crippen LogP contribution in [0.1, 0.15) is 19.8 Å². The molecule has 1 atom stereocenters. The molecule has 1 amide bonds. The summed E-state index contributed by atoms with van der Waals surface area (Å²) in [4.78, 5) is 11.0. The molecule has 2 rings (SSSR count). The first-order valence-electron chi connectivity index (χ1n) is 4.43. The Morgan fingerprint density at radius 1 is 1.46 bits per heavy atom. The molecule has 0 aromatic heterocycles. The van der Waals surface area contributed by atoms with Crippen LogP contribution < -0.4 is 10.6 Å². The maximum Gasteiger partial charge on any atom is 0.408 e. The number of ether oxygens (including phenoxy) is 1. The predicted octanol–water partition coefficient (Wildman–Crippen LogP) is 0.659. The Labute approximate surface area is 83.8 Å². The highest BCUT2D eigenvalue weighted by Gasteiger charge is 2.46. The smallest absolute Gasteiger partial charge is 0.408 e. The molecule has 0 saturated carbocycles. The molecule has 0 aromatic rings. The van der Waals surface area contributed by atoms with Crippen LogP contribution >= 0.6 is 12.4 Å². The van der Waals surface area contributed by atoms with E-state index in [-0.39, 0.29) is 30.1 Å². The average molecular weight is 207 g/mol. The molecule has 0 aromatic carbocycles. The maximum absolute atomic E-state index is 11.0. The molecule has 1 unspecified atom stereocenters. The Hall–Kier alpha value is -0.480. The van der Waals surface area contributed by atoms with Gasteiger partial charge in [0.2, 0.25) is 0 Å². The molecule has 4 nitrogen and oxygen atoms in total. The van der Waals surface area contributed by atoms with Crippen LogP contribution in [0.2, 0.25) is 0 Å². The van der Waals surface area contributed by atoms with E-state index in [4.69, 9.17) is 4.74 Å². The topological polar surface area (TPSA) is 50.4 Å². The second kappa shape index (κ2) is 3.72. The van der Waals surface area contributed by atoms with E-state index in [9.17, 15) is 4.79 Å². The number of carbonyl (C=O) groups excluding carboxylic acids is 1. The van der Waals surface area contributed by atoms with E-state index in [2.05, 4.69) is 10.6 Å². The van der Waals surface area contributed by atoms with Gasteiger partial charge in [0.15, 0.2) is 0 Å². The van der Waals surface area contributed by atoms with Crippen LogP contribution in [0.25, 0.3) is 0 Å². The Kier molecular flexibility index (Phi) is 3.03. The van der Waals surface area contributed by atoms with Gasteiger partial charge in [-0.2, -0.15) is 0 Å². The highest BCUT2D eigenvalue weighted by atomic mass is 35.5. The fourth-order valence-corrected chi connectivity index (χ4v) is 2.00. The highest BCUT2D eigenvalue weighted by molar-refractivity contribution is 5.85. The molecule has 0 aliphatic carbocycles. The first-order chi connectivity index (χ1) is 5.73. The Morgan fingerprint density at radius 3 is 2.54 bits per heavy atom. The van der Waals surface area contributed by atoms with Crippen molar-refractivity contribution in [3.8, 4) is 0 Å².